The number of oxazole rings is 1. The highest BCUT2D eigenvalue weighted by Crippen LogP contribution is 2.20. The zero-order valence-corrected chi connectivity index (χ0v) is 16.5. The minimum absolute atomic E-state index is 0.122. The zero-order valence-electron chi connectivity index (χ0n) is 15.7. The predicted octanol–water partition coefficient (Wildman–Crippen LogP) is 4.73. The number of ether oxygens (including phenoxy) is 1. The molecule has 146 valence electrons. The van der Waals surface area contributed by atoms with Crippen LogP contribution in [0, 0.1) is 0 Å². The van der Waals surface area contributed by atoms with E-state index in [2.05, 4.69) is 9.97 Å². The summed E-state index contributed by atoms with van der Waals surface area (Å²) in [7, 11) is 1.71. The lowest BCUT2D eigenvalue weighted by Crippen LogP contribution is -2.26. The first-order valence-electron chi connectivity index (χ1n) is 9.00. The average molecular weight is 408 g/mol. The Balaban J connectivity index is 1.38. The van der Waals surface area contributed by atoms with E-state index in [1.54, 1.807) is 24.2 Å². The largest absolute Gasteiger partial charge is 0.484 e. The van der Waals surface area contributed by atoms with E-state index in [4.69, 9.17) is 20.8 Å². The topological polar surface area (TPSA) is 68.5 Å². The number of halogens is 1. The van der Waals surface area contributed by atoms with E-state index in [1.165, 1.54) is 6.26 Å². The number of fused-ring (bicyclic) bond motifs is 1. The van der Waals surface area contributed by atoms with Crippen molar-refractivity contribution in [2.24, 2.45) is 0 Å². The molecule has 4 aromatic rings. The lowest BCUT2D eigenvalue weighted by atomic mass is 10.2. The van der Waals surface area contributed by atoms with E-state index in [0.717, 1.165) is 16.5 Å². The number of hydrogen-bond acceptors (Lipinski definition) is 5. The molecule has 0 fully saturated rings. The van der Waals surface area contributed by atoms with E-state index in [-0.39, 0.29) is 18.2 Å². The fraction of sp³-hybridized carbons (Fsp3) is 0.136. The van der Waals surface area contributed by atoms with Crippen LogP contribution in [0.3, 0.4) is 0 Å². The van der Waals surface area contributed by atoms with Crippen LogP contribution in [0.15, 0.2) is 71.5 Å². The van der Waals surface area contributed by atoms with Crippen LogP contribution in [0.25, 0.3) is 10.9 Å². The first kappa shape index (κ1) is 19.0. The number of carbonyl (C=O) groups is 1. The normalized spacial score (nSPS) is 10.8. The second kappa shape index (κ2) is 8.32. The van der Waals surface area contributed by atoms with E-state index < -0.39 is 0 Å². The maximum Gasteiger partial charge on any atom is 0.275 e. The minimum Gasteiger partial charge on any atom is -0.484 e. The van der Waals surface area contributed by atoms with Gasteiger partial charge in [0.25, 0.3) is 5.91 Å². The fourth-order valence-corrected chi connectivity index (χ4v) is 3.15. The number of nitrogens with zero attached hydrogens (tertiary/aromatic N) is 3. The lowest BCUT2D eigenvalue weighted by Gasteiger charge is -2.15. The van der Waals surface area contributed by atoms with Crippen molar-refractivity contribution >= 4 is 28.4 Å². The molecule has 6 nitrogen and oxygen atoms in total. The van der Waals surface area contributed by atoms with Crippen LogP contribution >= 0.6 is 11.6 Å². The van der Waals surface area contributed by atoms with Gasteiger partial charge in [-0.15, -0.1) is 0 Å². The van der Waals surface area contributed by atoms with Crippen LogP contribution in [-0.4, -0.2) is 27.8 Å². The summed E-state index contributed by atoms with van der Waals surface area (Å²) in [6.07, 6.45) is 3.09. The van der Waals surface area contributed by atoms with E-state index in [9.17, 15) is 4.79 Å². The third-order valence-corrected chi connectivity index (χ3v) is 4.60. The summed E-state index contributed by atoms with van der Waals surface area (Å²) >= 11 is 6.00. The van der Waals surface area contributed by atoms with Crippen molar-refractivity contribution in [2.45, 2.75) is 13.2 Å². The molecule has 7 heteroatoms. The maximum atomic E-state index is 12.6. The molecule has 0 saturated carbocycles. The Morgan fingerprint density at radius 1 is 1.17 bits per heavy atom. The van der Waals surface area contributed by atoms with Crippen molar-refractivity contribution in [3.8, 4) is 5.75 Å². The number of benzene rings is 2. The summed E-state index contributed by atoms with van der Waals surface area (Å²) in [5.41, 5.74) is 2.06. The molecule has 29 heavy (non-hydrogen) atoms. The first-order chi connectivity index (χ1) is 14.1. The van der Waals surface area contributed by atoms with Crippen LogP contribution in [0.2, 0.25) is 5.02 Å². The van der Waals surface area contributed by atoms with Gasteiger partial charge >= 0.3 is 0 Å². The molecule has 0 bridgehead atoms. The van der Waals surface area contributed by atoms with Crippen LogP contribution < -0.4 is 4.74 Å². The maximum absolute atomic E-state index is 12.6. The van der Waals surface area contributed by atoms with Gasteiger partial charge in [-0.25, -0.2) is 4.98 Å². The molecule has 2 aromatic carbocycles. The van der Waals surface area contributed by atoms with Crippen molar-refractivity contribution in [3.05, 3.63) is 89.2 Å². The molecule has 0 N–H and O–H groups in total. The second-order valence-electron chi connectivity index (χ2n) is 6.56. The Bertz CT molecular complexity index is 1160. The molecule has 0 saturated heterocycles. The molecule has 0 aliphatic rings. The second-order valence-corrected chi connectivity index (χ2v) is 7.00. The molecule has 4 rings (SSSR count). The molecule has 2 heterocycles. The number of pyridine rings is 1. The van der Waals surface area contributed by atoms with Gasteiger partial charge in [-0.3, -0.25) is 9.78 Å². The third-order valence-electron chi connectivity index (χ3n) is 4.36. The quantitative estimate of drug-likeness (QED) is 0.462. The van der Waals surface area contributed by atoms with E-state index >= 15 is 0 Å². The van der Waals surface area contributed by atoms with Gasteiger partial charge in [0, 0.05) is 30.2 Å². The van der Waals surface area contributed by atoms with E-state index in [1.807, 2.05) is 48.5 Å². The van der Waals surface area contributed by atoms with Gasteiger partial charge in [-0.1, -0.05) is 29.8 Å². The van der Waals surface area contributed by atoms with Crippen LogP contribution in [-0.2, 0) is 13.2 Å². The van der Waals surface area contributed by atoms with Gasteiger partial charge in [0.1, 0.15) is 12.0 Å². The van der Waals surface area contributed by atoms with Crippen LogP contribution in [0.1, 0.15) is 21.9 Å². The minimum atomic E-state index is -0.239. The van der Waals surface area contributed by atoms with Gasteiger partial charge < -0.3 is 14.1 Å². The Morgan fingerprint density at radius 3 is 2.93 bits per heavy atom. The van der Waals surface area contributed by atoms with Crippen molar-refractivity contribution in [1.82, 2.24) is 14.9 Å². The monoisotopic (exact) mass is 407 g/mol. The molecule has 0 radical (unpaired) electrons. The summed E-state index contributed by atoms with van der Waals surface area (Å²) in [6.45, 7) is 0.542. The van der Waals surface area contributed by atoms with Gasteiger partial charge in [-0.05, 0) is 42.0 Å². The number of carbonyl (C=O) groups excluding carboxylic acids is 1. The molecule has 0 spiro atoms. The Labute approximate surface area is 172 Å². The molecular weight excluding hydrogens is 390 g/mol. The highest BCUT2D eigenvalue weighted by atomic mass is 35.5. The summed E-state index contributed by atoms with van der Waals surface area (Å²) in [5.74, 6) is 0.766. The summed E-state index contributed by atoms with van der Waals surface area (Å²) in [4.78, 5) is 22.7. The standard InChI is InChI=1S/C22H18ClN3O3/c1-26(12-15-4-2-6-17(23)10-15)22(27)20-13-29-21(25-20)14-28-18-7-8-19-16(11-18)5-3-9-24-19/h2-11,13H,12,14H2,1H3. The predicted molar refractivity (Wildman–Crippen MR) is 110 cm³/mol. The fourth-order valence-electron chi connectivity index (χ4n) is 2.94. The van der Waals surface area contributed by atoms with Gasteiger partial charge in [-0.2, -0.15) is 0 Å². The van der Waals surface area contributed by atoms with Crippen LogP contribution in [0.5, 0.6) is 5.75 Å². The summed E-state index contributed by atoms with van der Waals surface area (Å²) < 4.78 is 11.1. The lowest BCUT2D eigenvalue weighted by molar-refractivity contribution is 0.0779. The smallest absolute Gasteiger partial charge is 0.275 e. The highest BCUT2D eigenvalue weighted by Gasteiger charge is 2.17. The molecule has 0 aliphatic carbocycles. The number of amides is 1. The number of rotatable bonds is 6. The van der Waals surface area contributed by atoms with Gasteiger partial charge in [0.05, 0.1) is 5.52 Å². The SMILES string of the molecule is CN(Cc1cccc(Cl)c1)C(=O)c1coc(COc2ccc3ncccc3c2)n1. The van der Waals surface area contributed by atoms with Crippen molar-refractivity contribution in [1.29, 1.82) is 0 Å². The van der Waals surface area contributed by atoms with Crippen LogP contribution in [0.4, 0.5) is 0 Å². The zero-order chi connectivity index (χ0) is 20.2. The van der Waals surface area contributed by atoms with Gasteiger partial charge in [0.15, 0.2) is 12.3 Å². The Kier molecular flexibility index (Phi) is 5.44. The molecular formula is C22H18ClN3O3. The summed E-state index contributed by atoms with van der Waals surface area (Å²) in [6, 6.07) is 16.8. The Hall–Kier alpha value is -3.38. The highest BCUT2D eigenvalue weighted by molar-refractivity contribution is 6.30. The Morgan fingerprint density at radius 2 is 2.07 bits per heavy atom. The van der Waals surface area contributed by atoms with Crippen molar-refractivity contribution < 1.29 is 13.9 Å². The molecule has 2 aromatic heterocycles. The molecule has 0 atom stereocenters. The number of hydrogen-bond donors (Lipinski definition) is 0. The average Bonchev–Trinajstić information content (AvgIpc) is 3.20. The van der Waals surface area contributed by atoms with Crippen molar-refractivity contribution in [3.63, 3.8) is 0 Å². The van der Waals surface area contributed by atoms with Gasteiger partial charge in [0.2, 0.25) is 5.89 Å². The molecule has 1 amide bonds. The third kappa shape index (κ3) is 4.55. The van der Waals surface area contributed by atoms with Crippen molar-refractivity contribution in [2.75, 3.05) is 7.05 Å². The molecule has 0 aliphatic heterocycles. The number of aromatic nitrogens is 2. The summed E-state index contributed by atoms with van der Waals surface area (Å²) in [5, 5.41) is 1.62. The first-order valence-corrected chi connectivity index (χ1v) is 9.38. The molecule has 0 unspecified atom stereocenters. The van der Waals surface area contributed by atoms with E-state index in [0.29, 0.717) is 23.2 Å².